The first-order chi connectivity index (χ1) is 14.6. The Morgan fingerprint density at radius 1 is 0.933 bits per heavy atom. The van der Waals surface area contributed by atoms with Crippen LogP contribution < -0.4 is 15.9 Å². The number of carbonyl (C=O) groups is 2. The van der Waals surface area contributed by atoms with Gasteiger partial charge in [-0.15, -0.1) is 0 Å². The summed E-state index contributed by atoms with van der Waals surface area (Å²) in [4.78, 5) is 25.1. The maximum absolute atomic E-state index is 14.5. The zero-order valence-corrected chi connectivity index (χ0v) is 17.2. The van der Waals surface area contributed by atoms with Crippen LogP contribution in [0.2, 0.25) is 0 Å². The molecule has 1 heterocycles. The Kier molecular flexibility index (Phi) is 5.60. The number of ether oxygens (including phenoxy) is 1. The van der Waals surface area contributed by atoms with E-state index >= 15 is 0 Å². The lowest BCUT2D eigenvalue weighted by Crippen LogP contribution is -2.37. The molecule has 0 saturated heterocycles. The average Bonchev–Trinajstić information content (AvgIpc) is 3.45. The zero-order valence-electron chi connectivity index (χ0n) is 16.3. The van der Waals surface area contributed by atoms with Crippen LogP contribution in [0.5, 0.6) is 0 Å². The fourth-order valence-corrected chi connectivity index (χ4v) is 7.13. The van der Waals surface area contributed by atoms with Gasteiger partial charge in [0.2, 0.25) is 0 Å². The van der Waals surface area contributed by atoms with Crippen LogP contribution in [-0.4, -0.2) is 23.6 Å². The number of furan rings is 1. The molecule has 1 saturated carbocycles. The van der Waals surface area contributed by atoms with Crippen LogP contribution in [0.3, 0.4) is 0 Å². The molecule has 1 aliphatic rings. The largest absolute Gasteiger partial charge is 0.467 e. The van der Waals surface area contributed by atoms with Gasteiger partial charge in [-0.2, -0.15) is 0 Å². The Bertz CT molecular complexity index is 1020. The molecule has 0 unspecified atom stereocenters. The topological polar surface area (TPSA) is 85.6 Å². The van der Waals surface area contributed by atoms with Crippen molar-refractivity contribution in [3.05, 3.63) is 84.8 Å². The predicted octanol–water partition coefficient (Wildman–Crippen LogP) is 2.99. The number of benzene rings is 2. The van der Waals surface area contributed by atoms with Gasteiger partial charge in [0.1, 0.15) is 10.9 Å². The van der Waals surface area contributed by atoms with Crippen molar-refractivity contribution in [2.75, 3.05) is 6.61 Å². The van der Waals surface area contributed by atoms with Gasteiger partial charge in [0.25, 0.3) is 5.91 Å². The standard InChI is InChI=1S/C23H22NO5P/c25-21(24-16-18-8-7-15-28-18)17-29-22(26)23(13-14-23)30(27,19-9-3-1-4-10-19)20-11-5-2-6-12-20/h1-12,15H,13-14,16-17H2,(H,24,25). The summed E-state index contributed by atoms with van der Waals surface area (Å²) in [7, 11) is -3.31. The lowest BCUT2D eigenvalue weighted by atomic mass is 10.4. The van der Waals surface area contributed by atoms with E-state index in [9.17, 15) is 14.2 Å². The van der Waals surface area contributed by atoms with Crippen molar-refractivity contribution in [1.29, 1.82) is 0 Å². The first-order valence-corrected chi connectivity index (χ1v) is 11.4. The van der Waals surface area contributed by atoms with E-state index in [-0.39, 0.29) is 6.54 Å². The molecule has 0 spiro atoms. The first kappa shape index (κ1) is 20.2. The number of hydrogen-bond acceptors (Lipinski definition) is 5. The molecule has 1 aliphatic carbocycles. The van der Waals surface area contributed by atoms with Gasteiger partial charge in [-0.3, -0.25) is 9.59 Å². The van der Waals surface area contributed by atoms with E-state index in [4.69, 9.17) is 9.15 Å². The third-order valence-electron chi connectivity index (χ3n) is 5.32. The molecule has 1 N–H and O–H groups in total. The minimum atomic E-state index is -3.31. The quantitative estimate of drug-likeness (QED) is 0.445. The molecule has 0 atom stereocenters. The van der Waals surface area contributed by atoms with Gasteiger partial charge < -0.3 is 19.0 Å². The molecule has 6 nitrogen and oxygen atoms in total. The highest BCUT2D eigenvalue weighted by Gasteiger charge is 2.65. The minimum absolute atomic E-state index is 0.209. The van der Waals surface area contributed by atoms with E-state index in [1.165, 1.54) is 6.26 Å². The van der Waals surface area contributed by atoms with Gasteiger partial charge in [0, 0.05) is 10.6 Å². The molecule has 1 fully saturated rings. The lowest BCUT2D eigenvalue weighted by Gasteiger charge is -2.27. The minimum Gasteiger partial charge on any atom is -0.467 e. The molecule has 30 heavy (non-hydrogen) atoms. The van der Waals surface area contributed by atoms with Gasteiger partial charge in [-0.1, -0.05) is 60.7 Å². The Balaban J connectivity index is 1.52. The van der Waals surface area contributed by atoms with Crippen molar-refractivity contribution in [2.24, 2.45) is 0 Å². The summed E-state index contributed by atoms with van der Waals surface area (Å²) in [5, 5.41) is 2.74. The summed E-state index contributed by atoms with van der Waals surface area (Å²) in [5.74, 6) is -0.428. The molecular weight excluding hydrogens is 401 g/mol. The number of rotatable bonds is 8. The van der Waals surface area contributed by atoms with Crippen LogP contribution in [0.25, 0.3) is 0 Å². The van der Waals surface area contributed by atoms with E-state index in [2.05, 4.69) is 5.32 Å². The molecule has 2 aromatic carbocycles. The number of hydrogen-bond donors (Lipinski definition) is 1. The highest BCUT2D eigenvalue weighted by atomic mass is 31.2. The van der Waals surface area contributed by atoms with Crippen molar-refractivity contribution in [3.8, 4) is 0 Å². The van der Waals surface area contributed by atoms with Crippen molar-refractivity contribution >= 4 is 29.6 Å². The first-order valence-electron chi connectivity index (χ1n) is 9.74. The summed E-state index contributed by atoms with van der Waals surface area (Å²) >= 11 is 0. The summed E-state index contributed by atoms with van der Waals surface area (Å²) in [6, 6.07) is 21.6. The van der Waals surface area contributed by atoms with Gasteiger partial charge >= 0.3 is 5.97 Å². The van der Waals surface area contributed by atoms with Crippen molar-refractivity contribution in [1.82, 2.24) is 5.32 Å². The van der Waals surface area contributed by atoms with Gasteiger partial charge in [0.05, 0.1) is 12.8 Å². The predicted molar refractivity (Wildman–Crippen MR) is 113 cm³/mol. The molecule has 1 aromatic heterocycles. The summed E-state index contributed by atoms with van der Waals surface area (Å²) in [6.07, 6.45) is 2.44. The Labute approximate surface area is 174 Å². The Hall–Kier alpha value is -3.11. The third kappa shape index (κ3) is 3.71. The highest BCUT2D eigenvalue weighted by Crippen LogP contribution is 2.68. The van der Waals surface area contributed by atoms with E-state index in [1.807, 2.05) is 36.4 Å². The molecule has 7 heteroatoms. The van der Waals surface area contributed by atoms with E-state index in [1.54, 1.807) is 36.4 Å². The third-order valence-corrected chi connectivity index (χ3v) is 9.21. The van der Waals surface area contributed by atoms with Gasteiger partial charge in [0.15, 0.2) is 13.7 Å². The number of esters is 1. The lowest BCUT2D eigenvalue weighted by molar-refractivity contribution is -0.148. The van der Waals surface area contributed by atoms with Crippen LogP contribution in [0, 0.1) is 0 Å². The summed E-state index contributed by atoms with van der Waals surface area (Å²) in [6.45, 7) is -0.216. The number of carbonyl (C=O) groups excluding carboxylic acids is 2. The monoisotopic (exact) mass is 423 g/mol. The summed E-state index contributed by atoms with van der Waals surface area (Å²) < 4.78 is 24.9. The van der Waals surface area contributed by atoms with Crippen LogP contribution in [0.1, 0.15) is 18.6 Å². The molecule has 0 aliphatic heterocycles. The number of nitrogens with one attached hydrogen (secondary N) is 1. The van der Waals surface area contributed by atoms with Crippen LogP contribution >= 0.6 is 7.14 Å². The molecule has 4 rings (SSSR count). The SMILES string of the molecule is O=C(COC(=O)C1(P(=O)(c2ccccc2)c2ccccc2)CC1)NCc1ccco1. The maximum atomic E-state index is 14.5. The van der Waals surface area contributed by atoms with E-state index in [0.29, 0.717) is 29.2 Å². The molecule has 0 radical (unpaired) electrons. The second-order valence-corrected chi connectivity index (χ2v) is 10.4. The van der Waals surface area contributed by atoms with E-state index < -0.39 is 30.8 Å². The van der Waals surface area contributed by atoms with Crippen molar-refractivity contribution in [3.63, 3.8) is 0 Å². The van der Waals surface area contributed by atoms with Crippen molar-refractivity contribution < 1.29 is 23.3 Å². The second kappa shape index (κ2) is 8.33. The molecule has 0 bridgehead atoms. The highest BCUT2D eigenvalue weighted by molar-refractivity contribution is 7.81. The van der Waals surface area contributed by atoms with Crippen molar-refractivity contribution in [2.45, 2.75) is 24.5 Å². The van der Waals surface area contributed by atoms with Crippen LogP contribution in [0.4, 0.5) is 0 Å². The maximum Gasteiger partial charge on any atom is 0.320 e. The van der Waals surface area contributed by atoms with E-state index in [0.717, 1.165) is 0 Å². The van der Waals surface area contributed by atoms with Crippen LogP contribution in [0.15, 0.2) is 83.5 Å². The zero-order chi connectivity index (χ0) is 21.0. The second-order valence-electron chi connectivity index (χ2n) is 7.24. The van der Waals surface area contributed by atoms with Gasteiger partial charge in [-0.25, -0.2) is 0 Å². The molecule has 1 amide bonds. The molecule has 154 valence electrons. The Morgan fingerprint density at radius 3 is 2.03 bits per heavy atom. The van der Waals surface area contributed by atoms with Gasteiger partial charge in [-0.05, 0) is 25.0 Å². The van der Waals surface area contributed by atoms with Crippen LogP contribution in [-0.2, 0) is 25.4 Å². The summed E-state index contributed by atoms with van der Waals surface area (Å²) in [5.41, 5.74) is 0. The molecule has 3 aromatic rings. The Morgan fingerprint density at radius 2 is 1.53 bits per heavy atom. The average molecular weight is 423 g/mol. The molecular formula is C23H22NO5P. The normalized spacial score (nSPS) is 14.7. The number of amides is 1. The fraction of sp³-hybridized carbons (Fsp3) is 0.217. The fourth-order valence-electron chi connectivity index (χ4n) is 3.60. The smallest absolute Gasteiger partial charge is 0.320 e.